The van der Waals surface area contributed by atoms with Crippen LogP contribution in [0.5, 0.6) is 0 Å². The summed E-state index contributed by atoms with van der Waals surface area (Å²) in [6.45, 7) is 2.04. The zero-order valence-corrected chi connectivity index (χ0v) is 13.6. The maximum absolute atomic E-state index is 10.9. The van der Waals surface area contributed by atoms with Gasteiger partial charge in [0.05, 0.1) is 11.3 Å². The summed E-state index contributed by atoms with van der Waals surface area (Å²) in [5.74, 6) is 0. The lowest BCUT2D eigenvalue weighted by molar-refractivity contribution is -0.427. The van der Waals surface area contributed by atoms with Crippen molar-refractivity contribution in [1.82, 2.24) is 0 Å². The molecule has 0 atom stereocenters. The van der Waals surface area contributed by atoms with Gasteiger partial charge in [0, 0.05) is 6.42 Å². The highest BCUT2D eigenvalue weighted by Gasteiger charge is 2.06. The van der Waals surface area contributed by atoms with Gasteiger partial charge in [-0.25, -0.2) is 0 Å². The molecular weight excluding hydrogens is 278 g/mol. The van der Waals surface area contributed by atoms with Crippen LogP contribution in [0.15, 0.2) is 36.1 Å². The van der Waals surface area contributed by atoms with E-state index in [1.165, 1.54) is 0 Å². The van der Waals surface area contributed by atoms with Crippen molar-refractivity contribution in [3.63, 3.8) is 0 Å². The topological polar surface area (TPSA) is 60.2 Å². The second kappa shape index (κ2) is 15.7. The summed E-state index contributed by atoms with van der Waals surface area (Å²) in [5.41, 5.74) is 0.266. The molecule has 0 unspecified atom stereocenters. The van der Waals surface area contributed by atoms with E-state index < -0.39 is 0 Å². The number of nitro groups is 1. The first-order valence-corrected chi connectivity index (χ1v) is 8.20. The maximum atomic E-state index is 10.9. The Morgan fingerprint density at radius 2 is 1.77 bits per heavy atom. The Labute approximate surface area is 134 Å². The Hall–Kier alpha value is -1.71. The van der Waals surface area contributed by atoms with Crippen molar-refractivity contribution >= 4 is 6.29 Å². The molecule has 0 aromatic heterocycles. The summed E-state index contributed by atoms with van der Waals surface area (Å²) in [7, 11) is 0. The van der Waals surface area contributed by atoms with Gasteiger partial charge in [-0.2, -0.15) is 0 Å². The highest BCUT2D eigenvalue weighted by molar-refractivity contribution is 5.50. The van der Waals surface area contributed by atoms with Crippen molar-refractivity contribution in [3.8, 4) is 0 Å². The van der Waals surface area contributed by atoms with E-state index in [0.717, 1.165) is 44.9 Å². The van der Waals surface area contributed by atoms with Crippen molar-refractivity contribution in [2.45, 2.75) is 71.1 Å². The van der Waals surface area contributed by atoms with E-state index in [-0.39, 0.29) is 10.6 Å². The van der Waals surface area contributed by atoms with Crippen LogP contribution < -0.4 is 0 Å². The molecule has 0 rings (SSSR count). The van der Waals surface area contributed by atoms with Gasteiger partial charge in [-0.1, -0.05) is 50.5 Å². The first-order chi connectivity index (χ1) is 10.7. The van der Waals surface area contributed by atoms with E-state index >= 15 is 0 Å². The number of hydrogen-bond acceptors (Lipinski definition) is 3. The average Bonchev–Trinajstić information content (AvgIpc) is 2.50. The minimum Gasteiger partial charge on any atom is -0.291 e. The van der Waals surface area contributed by atoms with Crippen LogP contribution in [0.1, 0.15) is 71.1 Å². The third-order valence-electron chi connectivity index (χ3n) is 3.27. The molecule has 123 valence electrons. The van der Waals surface area contributed by atoms with Crippen LogP contribution in [0.4, 0.5) is 0 Å². The molecule has 0 aliphatic carbocycles. The van der Waals surface area contributed by atoms with Crippen molar-refractivity contribution in [1.29, 1.82) is 0 Å². The Morgan fingerprint density at radius 1 is 1.05 bits per heavy atom. The quantitative estimate of drug-likeness (QED) is 0.189. The molecule has 0 aromatic rings. The van der Waals surface area contributed by atoms with Gasteiger partial charge in [-0.3, -0.25) is 14.9 Å². The molecule has 22 heavy (non-hydrogen) atoms. The second-order valence-corrected chi connectivity index (χ2v) is 5.19. The first kappa shape index (κ1) is 20.3. The highest BCUT2D eigenvalue weighted by atomic mass is 16.6. The molecular formula is C18H28NO3. The number of rotatable bonds is 14. The number of allylic oxidation sites excluding steroid dienone is 5. The molecule has 0 amide bonds. The molecule has 0 aliphatic rings. The zero-order chi connectivity index (χ0) is 16.5. The lowest BCUT2D eigenvalue weighted by atomic mass is 10.1. The van der Waals surface area contributed by atoms with Crippen LogP contribution in [-0.4, -0.2) is 11.2 Å². The molecule has 0 N–H and O–H groups in total. The summed E-state index contributed by atoms with van der Waals surface area (Å²) < 4.78 is 0. The average molecular weight is 306 g/mol. The third kappa shape index (κ3) is 13.3. The SMILES string of the molecule is CC/C=C/C/C=C(/C/C=C/CCCCCCC[C]=O)[N+](=O)[O-]. The Morgan fingerprint density at radius 3 is 2.45 bits per heavy atom. The normalized spacial score (nSPS) is 12.3. The number of hydrogen-bond donors (Lipinski definition) is 0. The molecule has 0 spiro atoms. The minimum absolute atomic E-state index is 0.266. The summed E-state index contributed by atoms with van der Waals surface area (Å²) in [4.78, 5) is 20.6. The van der Waals surface area contributed by atoms with Crippen molar-refractivity contribution in [2.24, 2.45) is 0 Å². The molecule has 4 nitrogen and oxygen atoms in total. The van der Waals surface area contributed by atoms with Gasteiger partial charge in [-0.05, 0) is 38.2 Å². The first-order valence-electron chi connectivity index (χ1n) is 8.20. The lowest BCUT2D eigenvalue weighted by Gasteiger charge is -1.97. The van der Waals surface area contributed by atoms with Gasteiger partial charge < -0.3 is 0 Å². The van der Waals surface area contributed by atoms with Gasteiger partial charge >= 0.3 is 0 Å². The molecule has 0 aromatic carbocycles. The van der Waals surface area contributed by atoms with E-state index in [9.17, 15) is 14.9 Å². The van der Waals surface area contributed by atoms with Crippen LogP contribution in [0.2, 0.25) is 0 Å². The van der Waals surface area contributed by atoms with E-state index in [1.54, 1.807) is 6.08 Å². The van der Waals surface area contributed by atoms with Crippen LogP contribution in [0, 0.1) is 10.1 Å². The van der Waals surface area contributed by atoms with Gasteiger partial charge in [0.25, 0.3) is 0 Å². The van der Waals surface area contributed by atoms with Gasteiger partial charge in [0.2, 0.25) is 5.70 Å². The summed E-state index contributed by atoms with van der Waals surface area (Å²) >= 11 is 0. The van der Waals surface area contributed by atoms with Crippen molar-refractivity contribution in [3.05, 3.63) is 46.2 Å². The Bertz CT molecular complexity index is 384. The standard InChI is InChI=1S/C18H28NO3/c1-2-3-4-12-15-18(19(21)22)16-13-10-8-6-5-7-9-11-14-17-20/h3-4,10,13,15H,2,5-9,11-12,14,16H2,1H3/b4-3+,13-10+,18-15-. The second-order valence-electron chi connectivity index (χ2n) is 5.19. The number of unbranched alkanes of at least 4 members (excludes halogenated alkanes) is 6. The molecule has 4 heteroatoms. The Balaban J connectivity index is 3.80. The smallest absolute Gasteiger partial charge is 0.246 e. The van der Waals surface area contributed by atoms with Gasteiger partial charge in [0.1, 0.15) is 0 Å². The minimum atomic E-state index is -0.297. The molecule has 0 heterocycles. The molecule has 0 saturated carbocycles. The fourth-order valence-electron chi connectivity index (χ4n) is 2.01. The number of carbonyl (C=O) groups excluding carboxylic acids is 1. The fraction of sp³-hybridized carbons (Fsp3) is 0.611. The summed E-state index contributed by atoms with van der Waals surface area (Å²) in [6.07, 6.45) is 20.3. The van der Waals surface area contributed by atoms with Crippen LogP contribution in [0.25, 0.3) is 0 Å². The van der Waals surface area contributed by atoms with Crippen LogP contribution in [0.3, 0.4) is 0 Å². The van der Waals surface area contributed by atoms with Crippen LogP contribution >= 0.6 is 0 Å². The predicted octanol–water partition coefficient (Wildman–Crippen LogP) is 5.29. The molecule has 0 saturated heterocycles. The monoisotopic (exact) mass is 306 g/mol. The van der Waals surface area contributed by atoms with Crippen molar-refractivity contribution in [2.75, 3.05) is 0 Å². The van der Waals surface area contributed by atoms with E-state index in [1.807, 2.05) is 37.5 Å². The summed E-state index contributed by atoms with van der Waals surface area (Å²) in [5, 5.41) is 10.9. The predicted molar refractivity (Wildman–Crippen MR) is 90.9 cm³/mol. The van der Waals surface area contributed by atoms with E-state index in [2.05, 4.69) is 0 Å². The van der Waals surface area contributed by atoms with Crippen molar-refractivity contribution < 1.29 is 9.72 Å². The Kier molecular flexibility index (Phi) is 14.5. The molecule has 1 radical (unpaired) electrons. The largest absolute Gasteiger partial charge is 0.291 e. The van der Waals surface area contributed by atoms with E-state index in [0.29, 0.717) is 19.3 Å². The number of nitrogens with zero attached hydrogens (tertiary/aromatic N) is 1. The molecule has 0 fully saturated rings. The third-order valence-corrected chi connectivity index (χ3v) is 3.27. The highest BCUT2D eigenvalue weighted by Crippen LogP contribution is 2.09. The van der Waals surface area contributed by atoms with Gasteiger partial charge in [-0.15, -0.1) is 0 Å². The van der Waals surface area contributed by atoms with E-state index in [4.69, 9.17) is 0 Å². The molecule has 0 bridgehead atoms. The lowest BCUT2D eigenvalue weighted by Crippen LogP contribution is -1.97. The van der Waals surface area contributed by atoms with Crippen LogP contribution in [-0.2, 0) is 4.79 Å². The fourth-order valence-corrected chi connectivity index (χ4v) is 2.01. The maximum Gasteiger partial charge on any atom is 0.246 e. The summed E-state index contributed by atoms with van der Waals surface area (Å²) in [6, 6.07) is 0. The molecule has 0 aliphatic heterocycles. The van der Waals surface area contributed by atoms with Gasteiger partial charge in [0.15, 0.2) is 6.29 Å². The zero-order valence-electron chi connectivity index (χ0n) is 13.6.